The van der Waals surface area contributed by atoms with Crippen molar-refractivity contribution in [3.8, 4) is 0 Å². The Morgan fingerprint density at radius 3 is 3.19 bits per heavy atom. The summed E-state index contributed by atoms with van der Waals surface area (Å²) in [5, 5.41) is 3.34. The van der Waals surface area contributed by atoms with Gasteiger partial charge in [-0.15, -0.1) is 6.58 Å². The Morgan fingerprint density at radius 1 is 1.56 bits per heavy atom. The van der Waals surface area contributed by atoms with E-state index in [4.69, 9.17) is 0 Å². The number of benzene rings is 1. The standard InChI is InChI=1S/C13H17FN2/c1-2-7-16-8-6-15-10-13(16)11-4-3-5-12(14)9-11/h2-5,9,13,15H,1,6-8,10H2. The Kier molecular flexibility index (Phi) is 3.70. The third kappa shape index (κ3) is 2.49. The molecule has 2 nitrogen and oxygen atoms in total. The van der Waals surface area contributed by atoms with Crippen molar-refractivity contribution in [2.45, 2.75) is 6.04 Å². The molecule has 1 aromatic carbocycles. The lowest BCUT2D eigenvalue weighted by Gasteiger charge is -2.35. The van der Waals surface area contributed by atoms with Gasteiger partial charge in [0.25, 0.3) is 0 Å². The van der Waals surface area contributed by atoms with Gasteiger partial charge in [-0.05, 0) is 17.7 Å². The molecule has 16 heavy (non-hydrogen) atoms. The summed E-state index contributed by atoms with van der Waals surface area (Å²) in [5.41, 5.74) is 1.04. The second-order valence-electron chi connectivity index (χ2n) is 4.06. The first-order valence-electron chi connectivity index (χ1n) is 5.62. The van der Waals surface area contributed by atoms with E-state index in [-0.39, 0.29) is 11.9 Å². The van der Waals surface area contributed by atoms with Gasteiger partial charge in [-0.2, -0.15) is 0 Å². The van der Waals surface area contributed by atoms with Crippen molar-refractivity contribution in [2.24, 2.45) is 0 Å². The highest BCUT2D eigenvalue weighted by atomic mass is 19.1. The molecule has 0 amide bonds. The Hall–Kier alpha value is -1.19. The molecule has 1 saturated heterocycles. The number of nitrogens with zero attached hydrogens (tertiary/aromatic N) is 1. The normalized spacial score (nSPS) is 21.9. The molecule has 2 rings (SSSR count). The van der Waals surface area contributed by atoms with Gasteiger partial charge in [0.2, 0.25) is 0 Å². The fraction of sp³-hybridized carbons (Fsp3) is 0.385. The number of halogens is 1. The molecule has 0 aromatic heterocycles. The number of hydrogen-bond donors (Lipinski definition) is 1. The van der Waals surface area contributed by atoms with Crippen molar-refractivity contribution in [1.29, 1.82) is 0 Å². The summed E-state index contributed by atoms with van der Waals surface area (Å²) < 4.78 is 13.2. The van der Waals surface area contributed by atoms with Crippen molar-refractivity contribution in [2.75, 3.05) is 26.2 Å². The Labute approximate surface area is 95.8 Å². The van der Waals surface area contributed by atoms with Crippen molar-refractivity contribution < 1.29 is 4.39 Å². The van der Waals surface area contributed by atoms with Crippen molar-refractivity contribution in [3.05, 3.63) is 48.3 Å². The highest BCUT2D eigenvalue weighted by molar-refractivity contribution is 5.21. The van der Waals surface area contributed by atoms with Gasteiger partial charge in [0.15, 0.2) is 0 Å². The van der Waals surface area contributed by atoms with E-state index in [1.807, 2.05) is 12.1 Å². The molecule has 1 aliphatic rings. The zero-order valence-corrected chi connectivity index (χ0v) is 9.32. The van der Waals surface area contributed by atoms with Gasteiger partial charge in [0.05, 0.1) is 0 Å². The van der Waals surface area contributed by atoms with Crippen LogP contribution in [0.3, 0.4) is 0 Å². The second-order valence-corrected chi connectivity index (χ2v) is 4.06. The summed E-state index contributed by atoms with van der Waals surface area (Å²) in [6.45, 7) is 7.45. The van der Waals surface area contributed by atoms with Crippen LogP contribution in [0.25, 0.3) is 0 Å². The highest BCUT2D eigenvalue weighted by Gasteiger charge is 2.22. The van der Waals surface area contributed by atoms with Crippen molar-refractivity contribution in [3.63, 3.8) is 0 Å². The number of nitrogens with one attached hydrogen (secondary N) is 1. The van der Waals surface area contributed by atoms with Crippen LogP contribution in [0.4, 0.5) is 4.39 Å². The molecule has 1 aromatic rings. The molecule has 0 bridgehead atoms. The molecular weight excluding hydrogens is 203 g/mol. The van der Waals surface area contributed by atoms with Crippen LogP contribution in [0.2, 0.25) is 0 Å². The number of hydrogen-bond acceptors (Lipinski definition) is 2. The van der Waals surface area contributed by atoms with Crippen LogP contribution in [0.5, 0.6) is 0 Å². The van der Waals surface area contributed by atoms with Gasteiger partial charge in [-0.25, -0.2) is 4.39 Å². The number of rotatable bonds is 3. The zero-order chi connectivity index (χ0) is 11.4. The SMILES string of the molecule is C=CCN1CCNCC1c1cccc(F)c1. The van der Waals surface area contributed by atoms with Gasteiger partial charge in [0, 0.05) is 32.2 Å². The lowest BCUT2D eigenvalue weighted by atomic mass is 10.0. The lowest BCUT2D eigenvalue weighted by Crippen LogP contribution is -2.45. The molecule has 0 spiro atoms. The van der Waals surface area contributed by atoms with E-state index in [1.165, 1.54) is 6.07 Å². The van der Waals surface area contributed by atoms with Gasteiger partial charge >= 0.3 is 0 Å². The van der Waals surface area contributed by atoms with Gasteiger partial charge in [-0.1, -0.05) is 18.2 Å². The molecular formula is C13H17FN2. The Balaban J connectivity index is 2.19. The maximum atomic E-state index is 13.2. The highest BCUT2D eigenvalue weighted by Crippen LogP contribution is 2.22. The molecule has 1 fully saturated rings. The average Bonchev–Trinajstić information content (AvgIpc) is 2.30. The van der Waals surface area contributed by atoms with Crippen molar-refractivity contribution in [1.82, 2.24) is 10.2 Å². The summed E-state index contributed by atoms with van der Waals surface area (Å²) in [4.78, 5) is 2.32. The lowest BCUT2D eigenvalue weighted by molar-refractivity contribution is 0.180. The van der Waals surface area contributed by atoms with Gasteiger partial charge in [-0.3, -0.25) is 4.90 Å². The minimum atomic E-state index is -0.165. The summed E-state index contributed by atoms with van der Waals surface area (Å²) in [6.07, 6.45) is 1.90. The molecule has 0 radical (unpaired) electrons. The van der Waals surface area contributed by atoms with E-state index < -0.39 is 0 Å². The first-order valence-corrected chi connectivity index (χ1v) is 5.62. The molecule has 1 N–H and O–H groups in total. The zero-order valence-electron chi connectivity index (χ0n) is 9.32. The minimum Gasteiger partial charge on any atom is -0.314 e. The van der Waals surface area contributed by atoms with Crippen LogP contribution >= 0.6 is 0 Å². The minimum absolute atomic E-state index is 0.165. The van der Waals surface area contributed by atoms with Crippen LogP contribution < -0.4 is 5.32 Å². The summed E-state index contributed by atoms with van der Waals surface area (Å²) >= 11 is 0. The van der Waals surface area contributed by atoms with Crippen LogP contribution in [-0.2, 0) is 0 Å². The molecule has 0 aliphatic carbocycles. The predicted molar refractivity (Wildman–Crippen MR) is 63.8 cm³/mol. The topological polar surface area (TPSA) is 15.3 Å². The fourth-order valence-corrected chi connectivity index (χ4v) is 2.17. The van der Waals surface area contributed by atoms with E-state index >= 15 is 0 Å². The summed E-state index contributed by atoms with van der Waals surface area (Å²) in [7, 11) is 0. The molecule has 1 unspecified atom stereocenters. The first kappa shape index (κ1) is 11.3. The fourth-order valence-electron chi connectivity index (χ4n) is 2.17. The third-order valence-electron chi connectivity index (χ3n) is 2.95. The molecule has 1 aliphatic heterocycles. The van der Waals surface area contributed by atoms with E-state index in [0.717, 1.165) is 31.7 Å². The smallest absolute Gasteiger partial charge is 0.123 e. The average molecular weight is 220 g/mol. The number of piperazine rings is 1. The maximum absolute atomic E-state index is 13.2. The Bertz CT molecular complexity index is 365. The third-order valence-corrected chi connectivity index (χ3v) is 2.95. The second kappa shape index (κ2) is 5.23. The van der Waals surface area contributed by atoms with E-state index in [1.54, 1.807) is 12.1 Å². The largest absolute Gasteiger partial charge is 0.314 e. The van der Waals surface area contributed by atoms with Crippen LogP contribution in [0, 0.1) is 5.82 Å². The van der Waals surface area contributed by atoms with Crippen molar-refractivity contribution >= 4 is 0 Å². The first-order chi connectivity index (χ1) is 7.81. The molecule has 1 atom stereocenters. The van der Waals surface area contributed by atoms with Crippen LogP contribution in [-0.4, -0.2) is 31.1 Å². The van der Waals surface area contributed by atoms with Gasteiger partial charge in [0.1, 0.15) is 5.82 Å². The maximum Gasteiger partial charge on any atom is 0.123 e. The monoisotopic (exact) mass is 220 g/mol. The van der Waals surface area contributed by atoms with Gasteiger partial charge < -0.3 is 5.32 Å². The summed E-state index contributed by atoms with van der Waals surface area (Å²) in [6, 6.07) is 7.11. The van der Waals surface area contributed by atoms with E-state index in [9.17, 15) is 4.39 Å². The van der Waals surface area contributed by atoms with Crippen LogP contribution in [0.1, 0.15) is 11.6 Å². The van der Waals surface area contributed by atoms with E-state index in [2.05, 4.69) is 16.8 Å². The molecule has 86 valence electrons. The van der Waals surface area contributed by atoms with E-state index in [0.29, 0.717) is 0 Å². The molecule has 1 heterocycles. The predicted octanol–water partition coefficient (Wildman–Crippen LogP) is 1.96. The molecule has 0 saturated carbocycles. The quantitative estimate of drug-likeness (QED) is 0.783. The Morgan fingerprint density at radius 2 is 2.44 bits per heavy atom. The van der Waals surface area contributed by atoms with Crippen LogP contribution in [0.15, 0.2) is 36.9 Å². The summed E-state index contributed by atoms with van der Waals surface area (Å²) in [5.74, 6) is -0.165. The molecule has 3 heteroatoms.